The average Bonchev–Trinajstić information content (AvgIpc) is 2.99. The normalized spacial score (nSPS) is 12.6. The van der Waals surface area contributed by atoms with Crippen molar-refractivity contribution >= 4 is 27.8 Å². The van der Waals surface area contributed by atoms with Gasteiger partial charge in [0.2, 0.25) is 6.79 Å². The molecule has 0 radical (unpaired) electrons. The van der Waals surface area contributed by atoms with E-state index in [0.29, 0.717) is 22.8 Å². The van der Waals surface area contributed by atoms with Crippen LogP contribution in [0.4, 0.5) is 0 Å². The Balaban J connectivity index is 1.83. The van der Waals surface area contributed by atoms with Crippen LogP contribution in [0.5, 0.6) is 17.2 Å². The summed E-state index contributed by atoms with van der Waals surface area (Å²) in [4.78, 5) is 12.2. The highest BCUT2D eigenvalue weighted by Gasteiger charge is 2.15. The van der Waals surface area contributed by atoms with Gasteiger partial charge in [-0.05, 0) is 42.0 Å². The van der Waals surface area contributed by atoms with Crippen molar-refractivity contribution in [1.82, 2.24) is 0 Å². The molecule has 0 bridgehead atoms. The molecule has 0 saturated carbocycles. The number of ether oxygens (including phenoxy) is 3. The second-order valence-electron chi connectivity index (χ2n) is 4.66. The molecule has 0 N–H and O–H groups in total. The van der Waals surface area contributed by atoms with Crippen LogP contribution in [0.1, 0.15) is 15.9 Å². The lowest BCUT2D eigenvalue weighted by Gasteiger charge is -2.03. The number of hydrogen-bond acceptors (Lipinski definition) is 4. The molecule has 0 aromatic heterocycles. The van der Waals surface area contributed by atoms with Gasteiger partial charge in [0, 0.05) is 10.0 Å². The minimum atomic E-state index is -0.0940. The molecule has 0 unspecified atom stereocenters. The monoisotopic (exact) mass is 360 g/mol. The van der Waals surface area contributed by atoms with E-state index in [1.54, 1.807) is 37.5 Å². The molecule has 22 heavy (non-hydrogen) atoms. The van der Waals surface area contributed by atoms with E-state index in [1.165, 1.54) is 6.08 Å². The molecule has 3 rings (SSSR count). The number of ketones is 1. The summed E-state index contributed by atoms with van der Waals surface area (Å²) in [6.07, 6.45) is 3.27. The number of rotatable bonds is 4. The summed E-state index contributed by atoms with van der Waals surface area (Å²) in [5.74, 6) is 1.94. The van der Waals surface area contributed by atoms with Crippen LogP contribution in [0.3, 0.4) is 0 Å². The number of fused-ring (bicyclic) bond motifs is 1. The van der Waals surface area contributed by atoms with Crippen LogP contribution in [0.15, 0.2) is 46.9 Å². The minimum Gasteiger partial charge on any atom is -0.497 e. The second kappa shape index (κ2) is 6.23. The number of halogens is 1. The van der Waals surface area contributed by atoms with Gasteiger partial charge in [0.1, 0.15) is 5.75 Å². The molecule has 5 heteroatoms. The molecule has 0 saturated heterocycles. The second-order valence-corrected chi connectivity index (χ2v) is 5.51. The number of methoxy groups -OCH3 is 1. The van der Waals surface area contributed by atoms with Gasteiger partial charge in [0.05, 0.1) is 7.11 Å². The number of benzene rings is 2. The zero-order valence-corrected chi connectivity index (χ0v) is 13.4. The summed E-state index contributed by atoms with van der Waals surface area (Å²) in [5.41, 5.74) is 1.42. The topological polar surface area (TPSA) is 44.8 Å². The predicted octanol–water partition coefficient (Wildman–Crippen LogP) is 4.08. The van der Waals surface area contributed by atoms with Gasteiger partial charge in [-0.2, -0.15) is 0 Å². The Labute approximate surface area is 136 Å². The molecular formula is C17H13BrO4. The molecule has 0 amide bonds. The van der Waals surface area contributed by atoms with E-state index >= 15 is 0 Å². The van der Waals surface area contributed by atoms with Gasteiger partial charge in [-0.1, -0.05) is 28.1 Å². The molecule has 112 valence electrons. The molecular weight excluding hydrogens is 348 g/mol. The number of carbonyl (C=O) groups is 1. The third kappa shape index (κ3) is 2.99. The lowest BCUT2D eigenvalue weighted by Crippen LogP contribution is -1.95. The zero-order valence-electron chi connectivity index (χ0n) is 11.8. The fourth-order valence-corrected chi connectivity index (χ4v) is 2.55. The van der Waals surface area contributed by atoms with E-state index < -0.39 is 0 Å². The van der Waals surface area contributed by atoms with Crippen LogP contribution in [0, 0.1) is 0 Å². The summed E-state index contributed by atoms with van der Waals surface area (Å²) >= 11 is 3.46. The van der Waals surface area contributed by atoms with Crippen LogP contribution in [0.25, 0.3) is 6.08 Å². The van der Waals surface area contributed by atoms with E-state index in [9.17, 15) is 4.79 Å². The quantitative estimate of drug-likeness (QED) is 0.608. The summed E-state index contributed by atoms with van der Waals surface area (Å²) in [7, 11) is 1.57. The zero-order chi connectivity index (χ0) is 15.5. The molecule has 0 aliphatic carbocycles. The predicted molar refractivity (Wildman–Crippen MR) is 86.6 cm³/mol. The van der Waals surface area contributed by atoms with E-state index in [4.69, 9.17) is 14.2 Å². The minimum absolute atomic E-state index is 0.0940. The van der Waals surface area contributed by atoms with Gasteiger partial charge in [-0.15, -0.1) is 0 Å². The largest absolute Gasteiger partial charge is 0.497 e. The molecule has 0 fully saturated rings. The molecule has 1 aliphatic heterocycles. The third-order valence-electron chi connectivity index (χ3n) is 3.26. The van der Waals surface area contributed by atoms with E-state index in [1.807, 2.05) is 12.1 Å². The van der Waals surface area contributed by atoms with E-state index in [-0.39, 0.29) is 12.6 Å². The van der Waals surface area contributed by atoms with Crippen molar-refractivity contribution < 1.29 is 19.0 Å². The van der Waals surface area contributed by atoms with Crippen LogP contribution in [-0.2, 0) is 0 Å². The van der Waals surface area contributed by atoms with Gasteiger partial charge in [-0.3, -0.25) is 4.79 Å². The van der Waals surface area contributed by atoms with Crippen LogP contribution >= 0.6 is 15.9 Å². The van der Waals surface area contributed by atoms with Crippen molar-refractivity contribution in [3.63, 3.8) is 0 Å². The van der Waals surface area contributed by atoms with Gasteiger partial charge < -0.3 is 14.2 Å². The Morgan fingerprint density at radius 1 is 1.23 bits per heavy atom. The third-order valence-corrected chi connectivity index (χ3v) is 3.95. The highest BCUT2D eigenvalue weighted by molar-refractivity contribution is 9.10. The highest BCUT2D eigenvalue weighted by atomic mass is 79.9. The molecule has 2 aromatic rings. The molecule has 2 aromatic carbocycles. The first-order chi connectivity index (χ1) is 10.7. The Morgan fingerprint density at radius 3 is 2.77 bits per heavy atom. The molecule has 1 aliphatic rings. The van der Waals surface area contributed by atoms with E-state index in [0.717, 1.165) is 10.0 Å². The first-order valence-electron chi connectivity index (χ1n) is 6.63. The van der Waals surface area contributed by atoms with Crippen molar-refractivity contribution in [2.24, 2.45) is 0 Å². The van der Waals surface area contributed by atoms with E-state index in [2.05, 4.69) is 15.9 Å². The van der Waals surface area contributed by atoms with Crippen LogP contribution in [0.2, 0.25) is 0 Å². The Bertz CT molecular complexity index is 752. The molecule has 0 atom stereocenters. The highest BCUT2D eigenvalue weighted by Crippen LogP contribution is 2.37. The van der Waals surface area contributed by atoms with Crippen molar-refractivity contribution in [3.05, 3.63) is 58.1 Å². The number of hydrogen-bond donors (Lipinski definition) is 0. The molecule has 1 heterocycles. The van der Waals surface area contributed by atoms with Crippen molar-refractivity contribution in [2.75, 3.05) is 13.9 Å². The average molecular weight is 361 g/mol. The first-order valence-corrected chi connectivity index (χ1v) is 7.42. The van der Waals surface area contributed by atoms with Gasteiger partial charge in [-0.25, -0.2) is 0 Å². The SMILES string of the molecule is COc1cccc(C(=O)/C=C/c2cc3c(cc2Br)OCO3)c1. The maximum Gasteiger partial charge on any atom is 0.231 e. The Hall–Kier alpha value is -2.27. The summed E-state index contributed by atoms with van der Waals surface area (Å²) in [6.45, 7) is 0.220. The summed E-state index contributed by atoms with van der Waals surface area (Å²) in [6, 6.07) is 10.7. The fraction of sp³-hybridized carbons (Fsp3) is 0.118. The maximum atomic E-state index is 12.2. The van der Waals surface area contributed by atoms with Crippen molar-refractivity contribution in [1.29, 1.82) is 0 Å². The Kier molecular flexibility index (Phi) is 4.15. The lowest BCUT2D eigenvalue weighted by molar-refractivity contribution is 0.104. The van der Waals surface area contributed by atoms with Crippen LogP contribution < -0.4 is 14.2 Å². The molecule has 0 spiro atoms. The number of allylic oxidation sites excluding steroid dienone is 1. The van der Waals surface area contributed by atoms with Gasteiger partial charge >= 0.3 is 0 Å². The molecule has 4 nitrogen and oxygen atoms in total. The fourth-order valence-electron chi connectivity index (χ4n) is 2.10. The maximum absolute atomic E-state index is 12.2. The lowest BCUT2D eigenvalue weighted by atomic mass is 10.1. The van der Waals surface area contributed by atoms with Gasteiger partial charge in [0.25, 0.3) is 0 Å². The smallest absolute Gasteiger partial charge is 0.231 e. The van der Waals surface area contributed by atoms with Gasteiger partial charge in [0.15, 0.2) is 17.3 Å². The van der Waals surface area contributed by atoms with Crippen molar-refractivity contribution in [2.45, 2.75) is 0 Å². The standard InChI is InChI=1S/C17H13BrO4/c1-20-13-4-2-3-12(7-13)15(19)6-5-11-8-16-17(9-14(11)18)22-10-21-16/h2-9H,10H2,1H3/b6-5+. The van der Waals surface area contributed by atoms with Crippen LogP contribution in [-0.4, -0.2) is 19.7 Å². The first kappa shape index (κ1) is 14.7. The Morgan fingerprint density at radius 2 is 2.00 bits per heavy atom. The summed E-state index contributed by atoms with van der Waals surface area (Å²) < 4.78 is 16.6. The van der Waals surface area contributed by atoms with Crippen molar-refractivity contribution in [3.8, 4) is 17.2 Å². The summed E-state index contributed by atoms with van der Waals surface area (Å²) in [5, 5.41) is 0. The number of carbonyl (C=O) groups excluding carboxylic acids is 1.